The van der Waals surface area contributed by atoms with Crippen LogP contribution >= 0.6 is 11.8 Å². The lowest BCUT2D eigenvalue weighted by molar-refractivity contribution is -0.147. The fourth-order valence-corrected chi connectivity index (χ4v) is 2.86. The molecule has 0 bridgehead atoms. The fourth-order valence-electron chi connectivity index (χ4n) is 2.01. The van der Waals surface area contributed by atoms with Gasteiger partial charge in [0.05, 0.1) is 6.42 Å². The van der Waals surface area contributed by atoms with Gasteiger partial charge in [0.15, 0.2) is 6.61 Å². The van der Waals surface area contributed by atoms with E-state index in [1.165, 1.54) is 36.0 Å². The van der Waals surface area contributed by atoms with Crippen LogP contribution in [0.2, 0.25) is 0 Å². The molecule has 0 radical (unpaired) electrons. The van der Waals surface area contributed by atoms with Gasteiger partial charge in [0.25, 0.3) is 11.8 Å². The average Bonchev–Trinajstić information content (AvgIpc) is 2.67. The van der Waals surface area contributed by atoms with Gasteiger partial charge >= 0.3 is 12.6 Å². The van der Waals surface area contributed by atoms with Crippen molar-refractivity contribution in [3.05, 3.63) is 60.2 Å². The van der Waals surface area contributed by atoms with Crippen LogP contribution in [-0.4, -0.2) is 36.8 Å². The standard InChI is InChI=1S/C19H17F2NO5S/c20-19(21)27-14-8-6-13(7-9-14)18(25)22-16(23)12-26-17(24)10-11-28-15-4-2-1-3-5-15/h1-9,19H,10-12H2,(H,22,23,25). The van der Waals surface area contributed by atoms with E-state index in [-0.39, 0.29) is 17.7 Å². The van der Waals surface area contributed by atoms with E-state index in [9.17, 15) is 23.2 Å². The van der Waals surface area contributed by atoms with Gasteiger partial charge in [0.2, 0.25) is 0 Å². The predicted molar refractivity (Wildman–Crippen MR) is 98.3 cm³/mol. The lowest BCUT2D eigenvalue weighted by atomic mass is 10.2. The summed E-state index contributed by atoms with van der Waals surface area (Å²) in [6.45, 7) is -3.56. The van der Waals surface area contributed by atoms with Crippen molar-refractivity contribution in [1.82, 2.24) is 5.32 Å². The number of rotatable bonds is 9. The maximum atomic E-state index is 12.1. The summed E-state index contributed by atoms with van der Waals surface area (Å²) >= 11 is 1.48. The minimum atomic E-state index is -2.97. The van der Waals surface area contributed by atoms with Crippen LogP contribution in [0.15, 0.2) is 59.5 Å². The Bertz CT molecular complexity index is 800. The van der Waals surface area contributed by atoms with Crippen LogP contribution in [0.4, 0.5) is 8.78 Å². The number of carbonyl (C=O) groups is 3. The van der Waals surface area contributed by atoms with Crippen molar-refractivity contribution in [3.63, 3.8) is 0 Å². The Hall–Kier alpha value is -2.94. The second-order valence-electron chi connectivity index (χ2n) is 5.35. The Morgan fingerprint density at radius 3 is 2.32 bits per heavy atom. The Morgan fingerprint density at radius 2 is 1.68 bits per heavy atom. The van der Waals surface area contributed by atoms with E-state index in [1.54, 1.807) is 0 Å². The third-order valence-electron chi connectivity index (χ3n) is 3.28. The topological polar surface area (TPSA) is 81.7 Å². The van der Waals surface area contributed by atoms with E-state index in [0.29, 0.717) is 5.75 Å². The van der Waals surface area contributed by atoms with E-state index in [1.807, 2.05) is 35.6 Å². The van der Waals surface area contributed by atoms with E-state index >= 15 is 0 Å². The summed E-state index contributed by atoms with van der Waals surface area (Å²) in [5, 5.41) is 2.04. The second kappa shape index (κ2) is 11.0. The molecular weight excluding hydrogens is 392 g/mol. The summed E-state index contributed by atoms with van der Waals surface area (Å²) < 4.78 is 33.1. The molecule has 0 saturated carbocycles. The second-order valence-corrected chi connectivity index (χ2v) is 6.52. The summed E-state index contributed by atoms with van der Waals surface area (Å²) in [5.41, 5.74) is 0.0700. The molecule has 2 rings (SSSR count). The number of thioether (sulfide) groups is 1. The largest absolute Gasteiger partial charge is 0.456 e. The van der Waals surface area contributed by atoms with Crippen molar-refractivity contribution < 1.29 is 32.6 Å². The van der Waals surface area contributed by atoms with Gasteiger partial charge < -0.3 is 9.47 Å². The molecule has 0 aromatic heterocycles. The highest BCUT2D eigenvalue weighted by Gasteiger charge is 2.13. The minimum Gasteiger partial charge on any atom is -0.456 e. The van der Waals surface area contributed by atoms with Crippen LogP contribution in [0.1, 0.15) is 16.8 Å². The molecule has 28 heavy (non-hydrogen) atoms. The van der Waals surface area contributed by atoms with Crippen molar-refractivity contribution >= 4 is 29.5 Å². The third-order valence-corrected chi connectivity index (χ3v) is 4.29. The molecule has 0 atom stereocenters. The van der Waals surface area contributed by atoms with Crippen molar-refractivity contribution in [2.75, 3.05) is 12.4 Å². The Morgan fingerprint density at radius 1 is 1.00 bits per heavy atom. The zero-order valence-electron chi connectivity index (χ0n) is 14.6. The quantitative estimate of drug-likeness (QED) is 0.506. The molecule has 2 aromatic rings. The van der Waals surface area contributed by atoms with Gasteiger partial charge in [-0.05, 0) is 36.4 Å². The van der Waals surface area contributed by atoms with Crippen LogP contribution in [0, 0.1) is 0 Å². The molecular formula is C19H17F2NO5S. The first kappa shape index (κ1) is 21.4. The lowest BCUT2D eigenvalue weighted by Crippen LogP contribution is -2.34. The summed E-state index contributed by atoms with van der Waals surface area (Å²) in [4.78, 5) is 36.3. The Balaban J connectivity index is 1.68. The van der Waals surface area contributed by atoms with Crippen LogP contribution in [0.5, 0.6) is 5.75 Å². The highest BCUT2D eigenvalue weighted by molar-refractivity contribution is 7.99. The maximum Gasteiger partial charge on any atom is 0.387 e. The number of esters is 1. The van der Waals surface area contributed by atoms with Gasteiger partial charge in [-0.3, -0.25) is 19.7 Å². The van der Waals surface area contributed by atoms with Gasteiger partial charge in [0, 0.05) is 16.2 Å². The lowest BCUT2D eigenvalue weighted by Gasteiger charge is -2.07. The number of hydrogen-bond acceptors (Lipinski definition) is 6. The highest BCUT2D eigenvalue weighted by atomic mass is 32.2. The normalized spacial score (nSPS) is 10.4. The third kappa shape index (κ3) is 7.75. The van der Waals surface area contributed by atoms with Gasteiger partial charge in [-0.25, -0.2) is 0 Å². The molecule has 0 fully saturated rings. The SMILES string of the molecule is O=C(COC(=O)CCSc1ccccc1)NC(=O)c1ccc(OC(F)F)cc1. The average molecular weight is 409 g/mol. The summed E-state index contributed by atoms with van der Waals surface area (Å²) in [5.74, 6) is -1.71. The molecule has 0 heterocycles. The van der Waals surface area contributed by atoms with E-state index in [4.69, 9.17) is 4.74 Å². The van der Waals surface area contributed by atoms with Crippen molar-refractivity contribution in [1.29, 1.82) is 0 Å². The summed E-state index contributed by atoms with van der Waals surface area (Å²) in [6.07, 6.45) is 0.117. The number of halogens is 2. The Labute approximate surface area is 164 Å². The van der Waals surface area contributed by atoms with Gasteiger partial charge in [0.1, 0.15) is 5.75 Å². The molecule has 148 valence electrons. The monoisotopic (exact) mass is 409 g/mol. The smallest absolute Gasteiger partial charge is 0.387 e. The number of imide groups is 1. The van der Waals surface area contributed by atoms with Gasteiger partial charge in [-0.1, -0.05) is 18.2 Å². The maximum absolute atomic E-state index is 12.1. The number of amides is 2. The minimum absolute atomic E-state index is 0.0700. The number of nitrogens with one attached hydrogen (secondary N) is 1. The van der Waals surface area contributed by atoms with Crippen molar-refractivity contribution in [2.24, 2.45) is 0 Å². The molecule has 1 N–H and O–H groups in total. The van der Waals surface area contributed by atoms with Gasteiger partial charge in [-0.2, -0.15) is 8.78 Å². The number of alkyl halides is 2. The van der Waals surface area contributed by atoms with E-state index < -0.39 is 31.0 Å². The number of carbonyl (C=O) groups excluding carboxylic acids is 3. The first-order chi connectivity index (χ1) is 13.4. The van der Waals surface area contributed by atoms with Crippen molar-refractivity contribution in [3.8, 4) is 5.75 Å². The molecule has 0 aliphatic rings. The number of hydrogen-bond donors (Lipinski definition) is 1. The molecule has 0 unspecified atom stereocenters. The van der Waals surface area contributed by atoms with E-state index in [0.717, 1.165) is 4.90 Å². The first-order valence-corrected chi connectivity index (χ1v) is 9.15. The van der Waals surface area contributed by atoms with Crippen molar-refractivity contribution in [2.45, 2.75) is 17.9 Å². The van der Waals surface area contributed by atoms with E-state index in [2.05, 4.69) is 4.74 Å². The molecule has 2 amide bonds. The molecule has 0 aliphatic carbocycles. The highest BCUT2D eigenvalue weighted by Crippen LogP contribution is 2.18. The molecule has 9 heteroatoms. The summed E-state index contributed by atoms with van der Waals surface area (Å²) in [6, 6.07) is 14.3. The molecule has 0 spiro atoms. The van der Waals surface area contributed by atoms with Crippen LogP contribution < -0.4 is 10.1 Å². The van der Waals surface area contributed by atoms with Gasteiger partial charge in [-0.15, -0.1) is 11.8 Å². The predicted octanol–water partition coefficient (Wildman–Crippen LogP) is 3.27. The molecule has 2 aromatic carbocycles. The Kier molecular flexibility index (Phi) is 8.41. The fraction of sp³-hybridized carbons (Fsp3) is 0.211. The zero-order valence-corrected chi connectivity index (χ0v) is 15.4. The molecule has 0 aliphatic heterocycles. The molecule has 0 saturated heterocycles. The van der Waals surface area contributed by atoms with Crippen LogP contribution in [0.25, 0.3) is 0 Å². The number of ether oxygens (including phenoxy) is 2. The summed E-state index contributed by atoms with van der Waals surface area (Å²) in [7, 11) is 0. The number of benzene rings is 2. The molecule has 6 nitrogen and oxygen atoms in total. The van der Waals surface area contributed by atoms with Crippen LogP contribution in [0.3, 0.4) is 0 Å². The first-order valence-electron chi connectivity index (χ1n) is 8.16. The van der Waals surface area contributed by atoms with Crippen LogP contribution in [-0.2, 0) is 14.3 Å². The zero-order chi connectivity index (χ0) is 20.4.